The van der Waals surface area contributed by atoms with Crippen LogP contribution in [-0.2, 0) is 49.2 Å². The third kappa shape index (κ3) is 19.9. The van der Waals surface area contributed by atoms with E-state index in [4.69, 9.17) is 58.2 Å². The van der Waals surface area contributed by atoms with Gasteiger partial charge in [-0.05, 0) is 18.1 Å². The van der Waals surface area contributed by atoms with Gasteiger partial charge >= 0.3 is 11.7 Å². The Labute approximate surface area is 333 Å². The molecule has 0 aliphatic rings. The van der Waals surface area contributed by atoms with Gasteiger partial charge in [0.2, 0.25) is 0 Å². The number of aliphatic hydroxyl groups is 1. The monoisotopic (exact) mass is 811 g/mol. The molecule has 3 aromatic heterocycles. The summed E-state index contributed by atoms with van der Waals surface area (Å²) >= 11 is 0. The van der Waals surface area contributed by atoms with Crippen LogP contribution in [0.4, 0.5) is 5.82 Å². The molecule has 20 heteroatoms. The second-order valence-electron chi connectivity index (χ2n) is 12.3. The number of H-pyrrole nitrogens is 1. The summed E-state index contributed by atoms with van der Waals surface area (Å²) in [5.41, 5.74) is 7.27. The predicted molar refractivity (Wildman–Crippen MR) is 208 cm³/mol. The summed E-state index contributed by atoms with van der Waals surface area (Å²) in [5, 5.41) is 8.60. The number of anilines is 1. The minimum Gasteiger partial charge on any atom is -0.463 e. The summed E-state index contributed by atoms with van der Waals surface area (Å²) < 4.78 is 55.9. The first kappa shape index (κ1) is 47.5. The van der Waals surface area contributed by atoms with Crippen LogP contribution in [0.3, 0.4) is 0 Å². The highest BCUT2D eigenvalue weighted by Crippen LogP contribution is 2.19. The molecule has 0 bridgehead atoms. The van der Waals surface area contributed by atoms with Gasteiger partial charge in [-0.1, -0.05) is 19.4 Å². The van der Waals surface area contributed by atoms with Gasteiger partial charge in [0.05, 0.1) is 139 Å². The van der Waals surface area contributed by atoms with Crippen LogP contribution in [0.1, 0.15) is 35.8 Å². The normalized spacial score (nSPS) is 11.5. The summed E-state index contributed by atoms with van der Waals surface area (Å²) in [6, 6.07) is 3.47. The number of imidazole rings is 1. The predicted octanol–water partition coefficient (Wildman–Crippen LogP) is 0.538. The number of ether oxygens (including phenoxy) is 10. The van der Waals surface area contributed by atoms with Gasteiger partial charge in [0.25, 0.3) is 5.91 Å². The number of aromatic nitrogens is 5. The van der Waals surface area contributed by atoms with E-state index in [1.54, 1.807) is 25.4 Å². The number of carbonyl (C=O) groups is 1. The first-order chi connectivity index (χ1) is 27.9. The second-order valence-corrected chi connectivity index (χ2v) is 12.3. The molecular weight excluding hydrogens is 750 g/mol. The minimum absolute atomic E-state index is 0.0132. The highest BCUT2D eigenvalue weighted by molar-refractivity contribution is 5.92. The second kappa shape index (κ2) is 30.3. The molecule has 0 spiro atoms. The van der Waals surface area contributed by atoms with Crippen LogP contribution in [0.25, 0.3) is 11.2 Å². The van der Waals surface area contributed by atoms with Crippen LogP contribution >= 0.6 is 0 Å². The van der Waals surface area contributed by atoms with E-state index in [0.29, 0.717) is 149 Å². The Morgan fingerprint density at radius 1 is 0.737 bits per heavy atom. The van der Waals surface area contributed by atoms with E-state index >= 15 is 0 Å². The van der Waals surface area contributed by atoms with Crippen molar-refractivity contribution in [1.82, 2.24) is 29.4 Å². The molecule has 322 valence electrons. The lowest BCUT2D eigenvalue weighted by molar-refractivity contribution is -0.0256. The van der Waals surface area contributed by atoms with E-state index in [1.807, 2.05) is 6.92 Å². The molecule has 3 heterocycles. The topological polar surface area (TPSA) is 235 Å². The number of nitrogens with two attached hydrogens (primary N) is 1. The van der Waals surface area contributed by atoms with Gasteiger partial charge in [-0.3, -0.25) is 14.3 Å². The molecule has 0 aliphatic heterocycles. The number of fused-ring (bicyclic) bond motifs is 1. The number of likely N-dealkylation sites (N-methyl/N-ethyl adjacent to an activating group) is 1. The Morgan fingerprint density at radius 2 is 1.23 bits per heavy atom. The van der Waals surface area contributed by atoms with Crippen LogP contribution in [0.15, 0.2) is 23.1 Å². The van der Waals surface area contributed by atoms with Crippen LogP contribution in [0.2, 0.25) is 0 Å². The number of unbranched alkanes of at least 4 members (excludes halogenated alkanes) is 1. The van der Waals surface area contributed by atoms with Crippen molar-refractivity contribution in [2.45, 2.75) is 26.3 Å². The number of rotatable bonds is 36. The summed E-state index contributed by atoms with van der Waals surface area (Å²) in [7, 11) is 1.68. The van der Waals surface area contributed by atoms with E-state index in [9.17, 15) is 9.59 Å². The Morgan fingerprint density at radius 3 is 1.68 bits per heavy atom. The Balaban J connectivity index is 1.12. The van der Waals surface area contributed by atoms with Crippen molar-refractivity contribution >= 4 is 22.9 Å². The fourth-order valence-electron chi connectivity index (χ4n) is 4.80. The maximum Gasteiger partial charge on any atom is 0.328 e. The van der Waals surface area contributed by atoms with Gasteiger partial charge in [0.1, 0.15) is 11.2 Å². The lowest BCUT2D eigenvalue weighted by Gasteiger charge is -2.17. The van der Waals surface area contributed by atoms with Crippen LogP contribution in [-0.4, -0.2) is 186 Å². The number of nitrogens with zero attached hydrogens (tertiary/aromatic N) is 5. The molecule has 4 N–H and O–H groups in total. The highest BCUT2D eigenvalue weighted by Gasteiger charge is 2.17. The maximum atomic E-state index is 12.9. The number of nitrogen functional groups attached to an aromatic ring is 1. The molecule has 0 aliphatic carbocycles. The fourth-order valence-corrected chi connectivity index (χ4v) is 4.80. The molecule has 0 radical (unpaired) electrons. The van der Waals surface area contributed by atoms with Crippen LogP contribution < -0.4 is 16.2 Å². The highest BCUT2D eigenvalue weighted by atomic mass is 16.6. The van der Waals surface area contributed by atoms with Crippen LogP contribution in [0, 0.1) is 0 Å². The number of aliphatic hydroxyl groups excluding tert-OH is 1. The van der Waals surface area contributed by atoms with Gasteiger partial charge in [0, 0.05) is 19.8 Å². The van der Waals surface area contributed by atoms with Crippen molar-refractivity contribution in [1.29, 1.82) is 0 Å². The summed E-state index contributed by atoms with van der Waals surface area (Å²) in [5.74, 6) is -0.131. The number of carbonyl (C=O) groups excluding carboxylic acids is 1. The summed E-state index contributed by atoms with van der Waals surface area (Å²) in [6.07, 6.45) is 3.34. The van der Waals surface area contributed by atoms with Gasteiger partial charge in [0.15, 0.2) is 11.5 Å². The SMILES string of the molecule is CCCCOc1nc(N)c2[nH]c(=O)n(Cc3ccc(C(=O)N(C)CCOCCOCCOCCOCCOCCOCCOCCOCCOCCO)nc3)c2n1. The van der Waals surface area contributed by atoms with Crippen molar-refractivity contribution in [2.24, 2.45) is 0 Å². The van der Waals surface area contributed by atoms with Crippen molar-refractivity contribution in [3.63, 3.8) is 0 Å². The number of aromatic amines is 1. The molecule has 0 fully saturated rings. The Kier molecular flexibility index (Phi) is 25.3. The number of amides is 1. The van der Waals surface area contributed by atoms with E-state index < -0.39 is 5.69 Å². The van der Waals surface area contributed by atoms with E-state index in [1.165, 1.54) is 9.47 Å². The standard InChI is InChI=1S/C37H61N7O13/c1-3-4-9-57-36-41-33(38)32-34(42-36)44(37(47)40-32)29-30-5-6-31(39-28-30)35(46)43(2)7-10-48-12-14-50-16-18-52-20-22-54-24-26-56-27-25-55-23-21-53-19-17-51-15-13-49-11-8-45/h5-6,28,45H,3-4,7-27,29H2,1-2H3,(H,40,47)(H2,38,41,42). The average Bonchev–Trinajstić information content (AvgIpc) is 3.53. The molecule has 3 aromatic rings. The van der Waals surface area contributed by atoms with Gasteiger partial charge in [-0.2, -0.15) is 9.97 Å². The number of nitrogens with one attached hydrogen (secondary N) is 1. The third-order valence-electron chi connectivity index (χ3n) is 7.87. The number of hydrogen-bond donors (Lipinski definition) is 3. The lowest BCUT2D eigenvalue weighted by atomic mass is 10.2. The number of pyridine rings is 1. The smallest absolute Gasteiger partial charge is 0.328 e. The zero-order valence-electron chi connectivity index (χ0n) is 33.4. The van der Waals surface area contributed by atoms with Crippen molar-refractivity contribution in [3.8, 4) is 6.01 Å². The Bertz CT molecular complexity index is 1540. The summed E-state index contributed by atoms with van der Waals surface area (Å²) in [4.78, 5) is 42.7. The van der Waals surface area contributed by atoms with Gasteiger partial charge in [-0.15, -0.1) is 0 Å². The molecular formula is C37H61N7O13. The minimum atomic E-state index is -0.397. The van der Waals surface area contributed by atoms with Gasteiger partial charge < -0.3 is 68.1 Å². The first-order valence-electron chi connectivity index (χ1n) is 19.3. The fraction of sp³-hybridized carbons (Fsp3) is 0.703. The molecule has 0 aromatic carbocycles. The Hall–Kier alpha value is -3.83. The molecule has 3 rings (SSSR count). The van der Waals surface area contributed by atoms with Crippen molar-refractivity contribution < 1.29 is 57.3 Å². The molecule has 20 nitrogen and oxygen atoms in total. The van der Waals surface area contributed by atoms with E-state index in [0.717, 1.165) is 12.8 Å². The number of hydrogen-bond acceptors (Lipinski definition) is 17. The first-order valence-corrected chi connectivity index (χ1v) is 19.3. The molecule has 1 amide bonds. The molecule has 0 unspecified atom stereocenters. The van der Waals surface area contributed by atoms with Crippen LogP contribution in [0.5, 0.6) is 6.01 Å². The largest absolute Gasteiger partial charge is 0.463 e. The average molecular weight is 812 g/mol. The molecule has 0 saturated heterocycles. The lowest BCUT2D eigenvalue weighted by Crippen LogP contribution is -2.31. The quantitative estimate of drug-likeness (QED) is 0.0680. The van der Waals surface area contributed by atoms with Crippen molar-refractivity contribution in [2.75, 3.05) is 151 Å². The summed E-state index contributed by atoms with van der Waals surface area (Å²) in [6.45, 7) is 11.0. The molecule has 0 atom stereocenters. The van der Waals surface area contributed by atoms with E-state index in [2.05, 4.69) is 19.9 Å². The maximum absolute atomic E-state index is 12.9. The van der Waals surface area contributed by atoms with E-state index in [-0.39, 0.29) is 36.6 Å². The zero-order valence-corrected chi connectivity index (χ0v) is 33.4. The van der Waals surface area contributed by atoms with Gasteiger partial charge in [-0.25, -0.2) is 4.79 Å². The molecule has 57 heavy (non-hydrogen) atoms. The zero-order chi connectivity index (χ0) is 40.8. The van der Waals surface area contributed by atoms with Crippen molar-refractivity contribution in [3.05, 3.63) is 40.1 Å². The third-order valence-corrected chi connectivity index (χ3v) is 7.87. The molecule has 0 saturated carbocycles.